The molecule has 1 unspecified atom stereocenters. The highest BCUT2D eigenvalue weighted by Gasteiger charge is 2.17. The quantitative estimate of drug-likeness (QED) is 0.652. The summed E-state index contributed by atoms with van der Waals surface area (Å²) in [5.41, 5.74) is 2.25. The lowest BCUT2D eigenvalue weighted by molar-refractivity contribution is -0.143. The van der Waals surface area contributed by atoms with Gasteiger partial charge in [-0.2, -0.15) is 0 Å². The number of rotatable bonds is 6. The molecule has 2 aromatic carbocycles. The molecule has 0 bridgehead atoms. The monoisotopic (exact) mass is 414 g/mol. The second-order valence-corrected chi connectivity index (χ2v) is 6.85. The summed E-state index contributed by atoms with van der Waals surface area (Å²) in [7, 11) is 0. The zero-order chi connectivity index (χ0) is 17.6. The Balaban J connectivity index is 0.00000243. The number of esters is 1. The van der Waals surface area contributed by atoms with Crippen LogP contribution in [0, 0.1) is 0 Å². The van der Waals surface area contributed by atoms with Crippen molar-refractivity contribution in [2.75, 3.05) is 18.5 Å². The van der Waals surface area contributed by atoms with E-state index in [9.17, 15) is 4.79 Å². The van der Waals surface area contributed by atoms with E-state index in [0.717, 1.165) is 30.6 Å². The van der Waals surface area contributed by atoms with Gasteiger partial charge in [-0.1, -0.05) is 47.5 Å². The van der Waals surface area contributed by atoms with Crippen molar-refractivity contribution in [3.05, 3.63) is 58.1 Å². The van der Waals surface area contributed by atoms with E-state index in [4.69, 9.17) is 27.9 Å². The Hall–Kier alpha value is -1.46. The Bertz CT molecular complexity index is 729. The fourth-order valence-corrected chi connectivity index (χ4v) is 3.34. The number of halogens is 3. The molecule has 2 aromatic rings. The molecule has 0 aliphatic carbocycles. The van der Waals surface area contributed by atoms with Crippen LogP contribution in [-0.2, 0) is 16.0 Å². The van der Waals surface area contributed by atoms with Crippen LogP contribution in [-0.4, -0.2) is 25.2 Å². The largest absolute Gasteiger partial charge is 0.464 e. The van der Waals surface area contributed by atoms with Gasteiger partial charge in [-0.15, -0.1) is 12.4 Å². The molecule has 0 radical (unpaired) electrons. The molecule has 3 rings (SSSR count). The van der Waals surface area contributed by atoms with E-state index in [-0.39, 0.29) is 30.8 Å². The molecule has 1 aliphatic heterocycles. The lowest BCUT2D eigenvalue weighted by Crippen LogP contribution is -2.28. The summed E-state index contributed by atoms with van der Waals surface area (Å²) in [6.07, 6.45) is 2.38. The average Bonchev–Trinajstić information content (AvgIpc) is 3.11. The van der Waals surface area contributed by atoms with Crippen molar-refractivity contribution in [2.24, 2.45) is 0 Å². The molecule has 1 saturated heterocycles. The van der Waals surface area contributed by atoms with Gasteiger partial charge >= 0.3 is 5.97 Å². The fourth-order valence-electron chi connectivity index (χ4n) is 2.85. The minimum atomic E-state index is -0.242. The van der Waals surface area contributed by atoms with Crippen LogP contribution in [0.3, 0.4) is 0 Å². The van der Waals surface area contributed by atoms with Crippen LogP contribution in [0.25, 0.3) is 0 Å². The van der Waals surface area contributed by atoms with Gasteiger partial charge in [0, 0.05) is 11.7 Å². The molecule has 4 nitrogen and oxygen atoms in total. The van der Waals surface area contributed by atoms with Gasteiger partial charge in [0.05, 0.1) is 22.2 Å². The number of benzene rings is 2. The number of nitrogens with one attached hydrogen (secondary N) is 2. The maximum atomic E-state index is 12.2. The van der Waals surface area contributed by atoms with E-state index in [1.54, 1.807) is 18.2 Å². The van der Waals surface area contributed by atoms with Gasteiger partial charge in [0.1, 0.15) is 6.61 Å². The maximum Gasteiger partial charge on any atom is 0.310 e. The van der Waals surface area contributed by atoms with Gasteiger partial charge in [0.25, 0.3) is 0 Å². The van der Waals surface area contributed by atoms with Crippen molar-refractivity contribution in [3.8, 4) is 0 Å². The summed E-state index contributed by atoms with van der Waals surface area (Å²) in [5, 5.41) is 7.59. The zero-order valence-corrected chi connectivity index (χ0v) is 16.5. The van der Waals surface area contributed by atoms with Gasteiger partial charge in [0.15, 0.2) is 0 Å². The van der Waals surface area contributed by atoms with E-state index < -0.39 is 0 Å². The van der Waals surface area contributed by atoms with Crippen LogP contribution in [0.15, 0.2) is 42.5 Å². The molecule has 0 amide bonds. The first-order chi connectivity index (χ1) is 12.1. The van der Waals surface area contributed by atoms with Crippen LogP contribution in [0.4, 0.5) is 11.4 Å². The van der Waals surface area contributed by atoms with Crippen molar-refractivity contribution in [2.45, 2.75) is 25.3 Å². The highest BCUT2D eigenvalue weighted by molar-refractivity contribution is 6.39. The van der Waals surface area contributed by atoms with E-state index in [0.29, 0.717) is 22.3 Å². The molecule has 0 spiro atoms. The molecule has 0 saturated carbocycles. The molecular weight excluding hydrogens is 395 g/mol. The summed E-state index contributed by atoms with van der Waals surface area (Å²) in [6.45, 7) is 1.42. The van der Waals surface area contributed by atoms with Crippen LogP contribution < -0.4 is 10.6 Å². The van der Waals surface area contributed by atoms with Crippen LogP contribution in [0.1, 0.15) is 18.4 Å². The summed E-state index contributed by atoms with van der Waals surface area (Å²) in [5.74, 6) is -0.242. The number of anilines is 2. The Morgan fingerprint density at radius 1 is 1.15 bits per heavy atom. The molecule has 1 heterocycles. The van der Waals surface area contributed by atoms with E-state index in [2.05, 4.69) is 10.6 Å². The number of para-hydroxylation sites is 2. The first-order valence-corrected chi connectivity index (χ1v) is 9.07. The lowest BCUT2D eigenvalue weighted by Gasteiger charge is -2.15. The molecule has 1 fully saturated rings. The Kier molecular flexibility index (Phi) is 8.04. The van der Waals surface area contributed by atoms with Gasteiger partial charge in [-0.25, -0.2) is 0 Å². The van der Waals surface area contributed by atoms with Gasteiger partial charge in [-0.3, -0.25) is 4.79 Å². The normalized spacial score (nSPS) is 16.0. The topological polar surface area (TPSA) is 50.4 Å². The maximum absolute atomic E-state index is 12.2. The fraction of sp³-hybridized carbons (Fsp3) is 0.316. The first kappa shape index (κ1) is 20.8. The van der Waals surface area contributed by atoms with Crippen molar-refractivity contribution in [3.63, 3.8) is 0 Å². The summed E-state index contributed by atoms with van der Waals surface area (Å²) >= 11 is 12.4. The minimum absolute atomic E-state index is 0. The zero-order valence-electron chi connectivity index (χ0n) is 14.1. The third kappa shape index (κ3) is 5.52. The van der Waals surface area contributed by atoms with Crippen molar-refractivity contribution < 1.29 is 9.53 Å². The number of hydrogen-bond donors (Lipinski definition) is 2. The molecule has 1 aliphatic rings. The summed E-state index contributed by atoms with van der Waals surface area (Å²) in [4.78, 5) is 12.2. The predicted octanol–water partition coefficient (Wildman–Crippen LogP) is 5.00. The van der Waals surface area contributed by atoms with Crippen molar-refractivity contribution in [1.82, 2.24) is 5.32 Å². The predicted molar refractivity (Wildman–Crippen MR) is 109 cm³/mol. The minimum Gasteiger partial charge on any atom is -0.464 e. The third-order valence-electron chi connectivity index (χ3n) is 4.18. The number of carbonyl (C=O) groups is 1. The average molecular weight is 416 g/mol. The molecule has 7 heteroatoms. The number of hydrogen-bond acceptors (Lipinski definition) is 4. The molecule has 1 atom stereocenters. The van der Waals surface area contributed by atoms with Gasteiger partial charge < -0.3 is 15.4 Å². The Morgan fingerprint density at radius 2 is 1.88 bits per heavy atom. The van der Waals surface area contributed by atoms with Crippen LogP contribution >= 0.6 is 35.6 Å². The van der Waals surface area contributed by atoms with Gasteiger partial charge in [0.2, 0.25) is 0 Å². The lowest BCUT2D eigenvalue weighted by atomic mass is 10.1. The Morgan fingerprint density at radius 3 is 2.58 bits per heavy atom. The number of carbonyl (C=O) groups excluding carboxylic acids is 1. The summed E-state index contributed by atoms with van der Waals surface area (Å²) in [6, 6.07) is 13.2. The third-order valence-corrected chi connectivity index (χ3v) is 4.81. The van der Waals surface area contributed by atoms with Crippen molar-refractivity contribution in [1.29, 1.82) is 0 Å². The van der Waals surface area contributed by atoms with E-state index >= 15 is 0 Å². The van der Waals surface area contributed by atoms with Crippen LogP contribution in [0.5, 0.6) is 0 Å². The molecule has 26 heavy (non-hydrogen) atoms. The highest BCUT2D eigenvalue weighted by Crippen LogP contribution is 2.33. The van der Waals surface area contributed by atoms with Crippen molar-refractivity contribution >= 4 is 53.0 Å². The molecule has 0 aromatic heterocycles. The van der Waals surface area contributed by atoms with Gasteiger partial charge in [-0.05, 0) is 43.1 Å². The molecule has 140 valence electrons. The highest BCUT2D eigenvalue weighted by atomic mass is 35.5. The standard InChI is InChI=1S/C19H20Cl2N2O2.ClH/c20-15-7-3-8-16(21)19(15)23-17-9-2-1-5-13(17)11-18(24)25-12-14-6-4-10-22-14;/h1-3,5,7-9,14,22-23H,4,6,10-12H2;1H. The summed E-state index contributed by atoms with van der Waals surface area (Å²) < 4.78 is 5.40. The Labute approximate surface area is 169 Å². The number of ether oxygens (including phenoxy) is 1. The second kappa shape index (κ2) is 10.0. The first-order valence-electron chi connectivity index (χ1n) is 8.31. The van der Waals surface area contributed by atoms with E-state index in [1.807, 2.05) is 24.3 Å². The van der Waals surface area contributed by atoms with Crippen LogP contribution in [0.2, 0.25) is 10.0 Å². The smallest absolute Gasteiger partial charge is 0.310 e. The van der Waals surface area contributed by atoms with E-state index in [1.165, 1.54) is 0 Å². The second-order valence-electron chi connectivity index (χ2n) is 6.03. The molecular formula is C19H21Cl3N2O2. The SMILES string of the molecule is Cl.O=C(Cc1ccccc1Nc1c(Cl)cccc1Cl)OCC1CCCN1. The molecule has 2 N–H and O–H groups in total.